The number of carbonyl (C=O) groups excluding carboxylic acids is 1. The molecule has 2 atom stereocenters. The van der Waals surface area contributed by atoms with E-state index in [0.29, 0.717) is 6.54 Å². The van der Waals surface area contributed by atoms with Crippen LogP contribution >= 0.6 is 22.7 Å². The van der Waals surface area contributed by atoms with E-state index in [1.165, 1.54) is 22.4 Å². The molecule has 0 saturated carbocycles. The van der Waals surface area contributed by atoms with Gasteiger partial charge in [-0.05, 0) is 73.3 Å². The number of nitrogens with one attached hydrogen (secondary N) is 1. The Balaban J connectivity index is 1.65. The third kappa shape index (κ3) is 3.84. The van der Waals surface area contributed by atoms with Crippen LogP contribution < -0.4 is 5.32 Å². The molecule has 0 bridgehead atoms. The minimum atomic E-state index is 0.0686. The van der Waals surface area contributed by atoms with Crippen LogP contribution in [-0.2, 0) is 12.8 Å². The SMILES string of the molecule is CC1CCc2sc(C(=O)NCC(c3ccsc3)N(C)C)cc2C1. The number of fused-ring (bicyclic) bond motifs is 1. The molecule has 124 valence electrons. The largest absolute Gasteiger partial charge is 0.349 e. The normalized spacial score (nSPS) is 18.7. The second-order valence-electron chi connectivity index (χ2n) is 6.65. The average molecular weight is 349 g/mol. The lowest BCUT2D eigenvalue weighted by molar-refractivity contribution is 0.0946. The van der Waals surface area contributed by atoms with Gasteiger partial charge in [0.2, 0.25) is 0 Å². The van der Waals surface area contributed by atoms with Crippen molar-refractivity contribution in [3.63, 3.8) is 0 Å². The Morgan fingerprint density at radius 3 is 3.00 bits per heavy atom. The van der Waals surface area contributed by atoms with Crippen LogP contribution in [0, 0.1) is 5.92 Å². The summed E-state index contributed by atoms with van der Waals surface area (Å²) in [6.45, 7) is 2.93. The van der Waals surface area contributed by atoms with E-state index in [0.717, 1.165) is 23.6 Å². The third-order valence-electron chi connectivity index (χ3n) is 4.56. The molecule has 2 aromatic heterocycles. The fraction of sp³-hybridized carbons (Fsp3) is 0.500. The summed E-state index contributed by atoms with van der Waals surface area (Å²) in [7, 11) is 4.11. The topological polar surface area (TPSA) is 32.3 Å². The molecule has 3 nitrogen and oxygen atoms in total. The highest BCUT2D eigenvalue weighted by Crippen LogP contribution is 2.32. The first-order valence-electron chi connectivity index (χ1n) is 8.13. The number of rotatable bonds is 5. The highest BCUT2D eigenvalue weighted by atomic mass is 32.1. The van der Waals surface area contributed by atoms with Gasteiger partial charge in [-0.25, -0.2) is 0 Å². The molecule has 1 N–H and O–H groups in total. The van der Waals surface area contributed by atoms with Gasteiger partial charge in [0.15, 0.2) is 0 Å². The predicted molar refractivity (Wildman–Crippen MR) is 98.6 cm³/mol. The maximum Gasteiger partial charge on any atom is 0.261 e. The van der Waals surface area contributed by atoms with Gasteiger partial charge in [-0.1, -0.05) is 6.92 Å². The van der Waals surface area contributed by atoms with E-state index in [2.05, 4.69) is 54.1 Å². The van der Waals surface area contributed by atoms with Crippen molar-refractivity contribution >= 4 is 28.6 Å². The molecule has 2 heterocycles. The van der Waals surface area contributed by atoms with E-state index >= 15 is 0 Å². The zero-order chi connectivity index (χ0) is 16.4. The van der Waals surface area contributed by atoms with Gasteiger partial charge >= 0.3 is 0 Å². The van der Waals surface area contributed by atoms with Crippen molar-refractivity contribution in [2.75, 3.05) is 20.6 Å². The molecule has 2 aromatic rings. The second kappa shape index (κ2) is 7.16. The van der Waals surface area contributed by atoms with E-state index in [4.69, 9.17) is 0 Å². The zero-order valence-corrected chi connectivity index (χ0v) is 15.6. The van der Waals surface area contributed by atoms with Gasteiger partial charge in [-0.3, -0.25) is 4.79 Å². The fourth-order valence-electron chi connectivity index (χ4n) is 3.16. The van der Waals surface area contributed by atoms with Gasteiger partial charge in [-0.2, -0.15) is 11.3 Å². The van der Waals surface area contributed by atoms with Crippen LogP contribution in [-0.4, -0.2) is 31.4 Å². The summed E-state index contributed by atoms with van der Waals surface area (Å²) in [5.41, 5.74) is 2.65. The molecule has 2 unspecified atom stereocenters. The van der Waals surface area contributed by atoms with E-state index < -0.39 is 0 Å². The highest BCUT2D eigenvalue weighted by molar-refractivity contribution is 7.14. The molecule has 1 aliphatic rings. The molecule has 3 rings (SSSR count). The molecule has 0 saturated heterocycles. The van der Waals surface area contributed by atoms with Gasteiger partial charge < -0.3 is 10.2 Å². The number of aryl methyl sites for hydroxylation is 1. The Morgan fingerprint density at radius 1 is 1.48 bits per heavy atom. The molecule has 0 aliphatic heterocycles. The van der Waals surface area contributed by atoms with Crippen molar-refractivity contribution in [3.05, 3.63) is 43.8 Å². The number of amides is 1. The molecule has 1 amide bonds. The zero-order valence-electron chi connectivity index (χ0n) is 14.0. The molecule has 0 aromatic carbocycles. The van der Waals surface area contributed by atoms with Crippen LogP contribution in [0.2, 0.25) is 0 Å². The Labute approximate surface area is 146 Å². The Bertz CT molecular complexity index is 661. The first-order valence-corrected chi connectivity index (χ1v) is 9.89. The van der Waals surface area contributed by atoms with Crippen LogP contribution in [0.25, 0.3) is 0 Å². The van der Waals surface area contributed by atoms with Gasteiger partial charge in [0.05, 0.1) is 10.9 Å². The first-order chi connectivity index (χ1) is 11.0. The number of hydrogen-bond donors (Lipinski definition) is 1. The van der Waals surface area contributed by atoms with E-state index in [9.17, 15) is 4.79 Å². The average Bonchev–Trinajstić information content (AvgIpc) is 3.15. The van der Waals surface area contributed by atoms with Crippen molar-refractivity contribution in [2.24, 2.45) is 5.92 Å². The van der Waals surface area contributed by atoms with Crippen LogP contribution in [0.15, 0.2) is 22.9 Å². The van der Waals surface area contributed by atoms with Gasteiger partial charge in [0.1, 0.15) is 0 Å². The first kappa shape index (κ1) is 16.7. The maximum absolute atomic E-state index is 12.5. The van der Waals surface area contributed by atoms with E-state index in [1.54, 1.807) is 22.7 Å². The Kier molecular flexibility index (Phi) is 5.19. The summed E-state index contributed by atoms with van der Waals surface area (Å²) in [5, 5.41) is 7.36. The molecule has 0 radical (unpaired) electrons. The summed E-state index contributed by atoms with van der Waals surface area (Å²) in [5.74, 6) is 0.809. The van der Waals surface area contributed by atoms with Gasteiger partial charge in [-0.15, -0.1) is 11.3 Å². The van der Waals surface area contributed by atoms with Crippen molar-refractivity contribution in [2.45, 2.75) is 32.2 Å². The molecule has 0 fully saturated rings. The van der Waals surface area contributed by atoms with Crippen molar-refractivity contribution < 1.29 is 4.79 Å². The monoisotopic (exact) mass is 348 g/mol. The van der Waals surface area contributed by atoms with Crippen LogP contribution in [0.4, 0.5) is 0 Å². The Hall–Kier alpha value is -1.17. The molecule has 0 spiro atoms. The molecular weight excluding hydrogens is 324 g/mol. The summed E-state index contributed by atoms with van der Waals surface area (Å²) in [6.07, 6.45) is 3.49. The van der Waals surface area contributed by atoms with E-state index in [-0.39, 0.29) is 11.9 Å². The van der Waals surface area contributed by atoms with Crippen LogP contribution in [0.3, 0.4) is 0 Å². The molecular formula is C18H24N2OS2. The molecule has 23 heavy (non-hydrogen) atoms. The van der Waals surface area contributed by atoms with E-state index in [1.807, 2.05) is 0 Å². The summed E-state index contributed by atoms with van der Waals surface area (Å²) in [6, 6.07) is 4.47. The molecule has 5 heteroatoms. The smallest absolute Gasteiger partial charge is 0.261 e. The standard InChI is InChI=1S/C18H24N2OS2/c1-12-4-5-16-14(8-12)9-17(23-16)18(21)19-10-15(20(2)3)13-6-7-22-11-13/h6-7,9,11-12,15H,4-5,8,10H2,1-3H3,(H,19,21). The number of carbonyl (C=O) groups is 1. The van der Waals surface area contributed by atoms with Gasteiger partial charge in [0, 0.05) is 11.4 Å². The van der Waals surface area contributed by atoms with Crippen molar-refractivity contribution in [1.29, 1.82) is 0 Å². The highest BCUT2D eigenvalue weighted by Gasteiger charge is 2.22. The second-order valence-corrected chi connectivity index (χ2v) is 8.57. The third-order valence-corrected chi connectivity index (χ3v) is 6.50. The minimum absolute atomic E-state index is 0.0686. The lowest BCUT2D eigenvalue weighted by atomic mass is 9.90. The Morgan fingerprint density at radius 2 is 2.30 bits per heavy atom. The summed E-state index contributed by atoms with van der Waals surface area (Å²) in [4.78, 5) is 17.0. The number of thiophene rings is 2. The fourth-order valence-corrected chi connectivity index (χ4v) is 4.99. The maximum atomic E-state index is 12.5. The van der Waals surface area contributed by atoms with Crippen LogP contribution in [0.5, 0.6) is 0 Å². The predicted octanol–water partition coefficient (Wildman–Crippen LogP) is 3.97. The number of hydrogen-bond acceptors (Lipinski definition) is 4. The van der Waals surface area contributed by atoms with Crippen molar-refractivity contribution in [3.8, 4) is 0 Å². The van der Waals surface area contributed by atoms with Crippen molar-refractivity contribution in [1.82, 2.24) is 10.2 Å². The lowest BCUT2D eigenvalue weighted by Gasteiger charge is -2.23. The summed E-state index contributed by atoms with van der Waals surface area (Å²) >= 11 is 3.38. The minimum Gasteiger partial charge on any atom is -0.349 e. The van der Waals surface area contributed by atoms with Crippen LogP contribution in [0.1, 0.15) is 45.1 Å². The lowest BCUT2D eigenvalue weighted by Crippen LogP contribution is -2.34. The quantitative estimate of drug-likeness (QED) is 0.887. The number of likely N-dealkylation sites (N-methyl/N-ethyl adjacent to an activating group) is 1. The molecule has 1 aliphatic carbocycles. The number of nitrogens with zero attached hydrogens (tertiary/aromatic N) is 1. The van der Waals surface area contributed by atoms with Gasteiger partial charge in [0.25, 0.3) is 5.91 Å². The summed E-state index contributed by atoms with van der Waals surface area (Å²) < 4.78 is 0.